The average molecular weight is 994 g/mol. The van der Waals surface area contributed by atoms with E-state index in [9.17, 15) is 52.7 Å². The molecule has 2 aromatic rings. The zero-order valence-electron chi connectivity index (χ0n) is 40.8. The van der Waals surface area contributed by atoms with Crippen molar-refractivity contribution in [3.8, 4) is 0 Å². The van der Waals surface area contributed by atoms with E-state index in [1.807, 2.05) is 23.1 Å². The Morgan fingerprint density at radius 3 is 2.12 bits per heavy atom. The van der Waals surface area contributed by atoms with Crippen LogP contribution in [-0.2, 0) is 54.3 Å². The zero-order valence-corrected chi connectivity index (χ0v) is 40.8. The van der Waals surface area contributed by atoms with E-state index in [2.05, 4.69) is 26.6 Å². The van der Waals surface area contributed by atoms with Crippen LogP contribution in [0.2, 0.25) is 0 Å². The fourth-order valence-electron chi connectivity index (χ4n) is 9.95. The van der Waals surface area contributed by atoms with E-state index in [1.165, 1.54) is 19.3 Å². The van der Waals surface area contributed by atoms with Crippen molar-refractivity contribution < 1.29 is 57.5 Å². The van der Waals surface area contributed by atoms with Gasteiger partial charge >= 0.3 is 5.97 Å². The molecular weight excluding hydrogens is 931 g/mol. The van der Waals surface area contributed by atoms with Crippen LogP contribution >= 0.6 is 0 Å². The number of nitrogens with one attached hydrogen (secondary N) is 5. The SMILES string of the molecule is COC(=O)/C=C/[C@H](C[C@@H]1CCNC1=O)NC(=O)[C@H](Cc1ccccc1)NC(=O)[C@@H](NC(=O)CCC(=O)N1CCN(C(=O)C2CCN(c3cccc4c3C(=O)N(C3CCC(=O)NC3=O)C4=O)CC2)CC1)C(C)C. The molecule has 7 rings (SSSR count). The van der Waals surface area contributed by atoms with E-state index in [-0.39, 0.29) is 86.4 Å². The molecule has 2 aromatic carbocycles. The van der Waals surface area contributed by atoms with E-state index in [4.69, 9.17) is 4.74 Å². The fourth-order valence-corrected chi connectivity index (χ4v) is 9.95. The molecular formula is C51H63N9O12. The number of hydrogen-bond acceptors (Lipinski definition) is 13. The normalized spacial score (nSPS) is 20.7. The summed E-state index contributed by atoms with van der Waals surface area (Å²) in [5, 5.41) is 13.4. The number of benzene rings is 2. The zero-order chi connectivity index (χ0) is 51.6. The molecule has 5 aliphatic rings. The molecule has 21 nitrogen and oxygen atoms in total. The predicted octanol–water partition coefficient (Wildman–Crippen LogP) is 0.364. The molecule has 10 amide bonds. The largest absolute Gasteiger partial charge is 0.466 e. The summed E-state index contributed by atoms with van der Waals surface area (Å²) < 4.78 is 4.72. The molecule has 1 unspecified atom stereocenters. The smallest absolute Gasteiger partial charge is 0.330 e. The first-order valence-electron chi connectivity index (χ1n) is 24.7. The van der Waals surface area contributed by atoms with Crippen LogP contribution in [0.15, 0.2) is 60.7 Å². The van der Waals surface area contributed by atoms with Crippen molar-refractivity contribution in [1.29, 1.82) is 0 Å². The van der Waals surface area contributed by atoms with E-state index in [1.54, 1.807) is 54.0 Å². The molecule has 0 aromatic heterocycles. The van der Waals surface area contributed by atoms with Gasteiger partial charge in [-0.05, 0) is 55.7 Å². The molecule has 4 saturated heterocycles. The predicted molar refractivity (Wildman–Crippen MR) is 258 cm³/mol. The third kappa shape index (κ3) is 12.5. The maximum absolute atomic E-state index is 13.9. The van der Waals surface area contributed by atoms with Crippen LogP contribution in [0.25, 0.3) is 0 Å². The second-order valence-corrected chi connectivity index (χ2v) is 19.2. The minimum absolute atomic E-state index is 0.0178. The Labute approximate surface area is 417 Å². The lowest BCUT2D eigenvalue weighted by Gasteiger charge is -2.39. The van der Waals surface area contributed by atoms with Gasteiger partial charge in [-0.25, -0.2) is 4.79 Å². The van der Waals surface area contributed by atoms with Gasteiger partial charge in [-0.2, -0.15) is 0 Å². The highest BCUT2D eigenvalue weighted by atomic mass is 16.5. The Morgan fingerprint density at radius 1 is 0.764 bits per heavy atom. The van der Waals surface area contributed by atoms with Crippen molar-refractivity contribution in [2.75, 3.05) is 57.8 Å². The molecule has 5 N–H and O–H groups in total. The van der Waals surface area contributed by atoms with E-state index < -0.39 is 83.3 Å². The number of methoxy groups -OCH3 is 1. The van der Waals surface area contributed by atoms with Crippen LogP contribution in [0.4, 0.5) is 5.69 Å². The summed E-state index contributed by atoms with van der Waals surface area (Å²) in [6.07, 6.45) is 4.20. The summed E-state index contributed by atoms with van der Waals surface area (Å²) in [6, 6.07) is 10.0. The third-order valence-corrected chi connectivity index (χ3v) is 14.0. The van der Waals surface area contributed by atoms with Gasteiger partial charge in [0.15, 0.2) is 0 Å². The number of imide groups is 2. The summed E-state index contributed by atoms with van der Waals surface area (Å²) in [7, 11) is 1.22. The number of nitrogens with zero attached hydrogens (tertiary/aromatic N) is 4. The van der Waals surface area contributed by atoms with Crippen molar-refractivity contribution in [3.63, 3.8) is 0 Å². The van der Waals surface area contributed by atoms with E-state index in [0.29, 0.717) is 57.7 Å². The molecule has 72 heavy (non-hydrogen) atoms. The standard InChI is InChI=1S/C51H63N9O12/c1-30(2)44(48(68)54-36(28-31-8-5-4-6-9-31)46(66)53-34(12-17-42(64)72-3)29-33-18-21-52-45(33)65)55-39(61)15-16-41(63)58-24-26-59(27-25-58)49(69)32-19-22-57(23-20-32)37-11-7-10-35-43(37)51(71)60(50(35)70)38-13-14-40(62)56-47(38)67/h4-12,17,30,32-34,36,38,44H,13-16,18-29H2,1-3H3,(H,52,65)(H,53,66)(H,54,68)(H,55,61)(H,56,62,67)/b17-12+/t33-,34+,36-,38?,44-/m0/s1. The third-order valence-electron chi connectivity index (χ3n) is 14.0. The summed E-state index contributed by atoms with van der Waals surface area (Å²) in [6.45, 7) is 6.02. The molecule has 4 fully saturated rings. The molecule has 5 heterocycles. The van der Waals surface area contributed by atoms with Crippen molar-refractivity contribution in [2.45, 2.75) is 95.8 Å². The maximum atomic E-state index is 13.9. The Bertz CT molecular complexity index is 2480. The summed E-state index contributed by atoms with van der Waals surface area (Å²) in [4.78, 5) is 150. The first kappa shape index (κ1) is 52.4. The highest BCUT2D eigenvalue weighted by molar-refractivity contribution is 6.25. The summed E-state index contributed by atoms with van der Waals surface area (Å²) in [5.41, 5.74) is 1.70. The molecule has 5 aliphatic heterocycles. The lowest BCUT2D eigenvalue weighted by atomic mass is 9.93. The number of amides is 10. The van der Waals surface area contributed by atoms with Crippen LogP contribution in [0.1, 0.15) is 91.5 Å². The molecule has 0 saturated carbocycles. The molecule has 5 atom stereocenters. The highest BCUT2D eigenvalue weighted by Gasteiger charge is 2.46. The van der Waals surface area contributed by atoms with Gasteiger partial charge in [0.1, 0.15) is 18.1 Å². The minimum Gasteiger partial charge on any atom is -0.466 e. The van der Waals surface area contributed by atoms with Gasteiger partial charge in [0.25, 0.3) is 11.8 Å². The second kappa shape index (κ2) is 23.6. The number of ether oxygens (including phenoxy) is 1. The number of rotatable bonds is 18. The first-order valence-corrected chi connectivity index (χ1v) is 24.7. The van der Waals surface area contributed by atoms with E-state index >= 15 is 0 Å². The number of piperazine rings is 1. The van der Waals surface area contributed by atoms with Crippen molar-refractivity contribution in [1.82, 2.24) is 41.3 Å². The van der Waals surface area contributed by atoms with Gasteiger partial charge in [0, 0.05) is 95.5 Å². The quantitative estimate of drug-likeness (QED) is 0.0769. The number of esters is 1. The van der Waals surface area contributed by atoms with E-state index in [0.717, 1.165) is 10.5 Å². The summed E-state index contributed by atoms with van der Waals surface area (Å²) >= 11 is 0. The van der Waals surface area contributed by atoms with Crippen LogP contribution in [-0.4, -0.2) is 157 Å². The van der Waals surface area contributed by atoms with Crippen LogP contribution in [0.5, 0.6) is 0 Å². The Kier molecular flexibility index (Phi) is 17.2. The second-order valence-electron chi connectivity index (χ2n) is 19.2. The number of hydrogen-bond donors (Lipinski definition) is 5. The molecule has 0 bridgehead atoms. The number of carbonyl (C=O) groups excluding carboxylic acids is 11. The summed E-state index contributed by atoms with van der Waals surface area (Å²) in [5.74, 6) is -6.25. The van der Waals surface area contributed by atoms with Crippen molar-refractivity contribution >= 4 is 70.7 Å². The molecule has 0 radical (unpaired) electrons. The number of fused-ring (bicyclic) bond motifs is 1. The molecule has 21 heteroatoms. The Morgan fingerprint density at radius 2 is 1.47 bits per heavy atom. The van der Waals surface area contributed by atoms with Gasteiger partial charge in [0.05, 0.1) is 23.9 Å². The molecule has 0 aliphatic carbocycles. The van der Waals surface area contributed by atoms with Gasteiger partial charge in [-0.3, -0.25) is 58.2 Å². The van der Waals surface area contributed by atoms with Crippen LogP contribution in [0, 0.1) is 17.8 Å². The van der Waals surface area contributed by atoms with Crippen LogP contribution in [0.3, 0.4) is 0 Å². The highest BCUT2D eigenvalue weighted by Crippen LogP contribution is 2.36. The Hall–Kier alpha value is -7.45. The average Bonchev–Trinajstić information content (AvgIpc) is 3.90. The van der Waals surface area contributed by atoms with Gasteiger partial charge in [-0.1, -0.05) is 56.3 Å². The van der Waals surface area contributed by atoms with Crippen LogP contribution < -0.4 is 31.5 Å². The molecule has 0 spiro atoms. The van der Waals surface area contributed by atoms with Gasteiger partial charge in [-0.15, -0.1) is 0 Å². The maximum Gasteiger partial charge on any atom is 0.330 e. The van der Waals surface area contributed by atoms with Crippen molar-refractivity contribution in [2.24, 2.45) is 17.8 Å². The lowest BCUT2D eigenvalue weighted by Crippen LogP contribution is -2.57. The van der Waals surface area contributed by atoms with Gasteiger partial charge < -0.3 is 40.7 Å². The molecule has 384 valence electrons. The van der Waals surface area contributed by atoms with Gasteiger partial charge in [0.2, 0.25) is 47.3 Å². The van der Waals surface area contributed by atoms with Crippen molar-refractivity contribution in [3.05, 3.63) is 77.4 Å². The number of anilines is 1. The topological polar surface area (TPSA) is 270 Å². The lowest BCUT2D eigenvalue weighted by molar-refractivity contribution is -0.143. The monoisotopic (exact) mass is 993 g/mol. The number of carbonyl (C=O) groups is 11. The minimum atomic E-state index is -1.11. The number of piperidine rings is 2. The Balaban J connectivity index is 0.878. The first-order chi connectivity index (χ1) is 34.5. The fraction of sp³-hybridized carbons (Fsp3) is 0.510.